The lowest BCUT2D eigenvalue weighted by molar-refractivity contribution is 0.377. The molecule has 0 aromatic heterocycles. The summed E-state index contributed by atoms with van der Waals surface area (Å²) in [6.45, 7) is 4.42. The van der Waals surface area contributed by atoms with Gasteiger partial charge < -0.3 is 9.47 Å². The second-order valence-electron chi connectivity index (χ2n) is 4.96. The van der Waals surface area contributed by atoms with Crippen LogP contribution in [0, 0.1) is 5.92 Å². The Kier molecular flexibility index (Phi) is 4.45. The third-order valence-corrected chi connectivity index (χ3v) is 2.89. The van der Waals surface area contributed by atoms with E-state index in [1.165, 1.54) is 5.56 Å². The summed E-state index contributed by atoms with van der Waals surface area (Å²) < 4.78 is 11.3. The first-order valence-corrected chi connectivity index (χ1v) is 6.59. The Balaban J connectivity index is 2.27. The average Bonchev–Trinajstić information content (AvgIpc) is 2.41. The van der Waals surface area contributed by atoms with Gasteiger partial charge in [-0.25, -0.2) is 0 Å². The van der Waals surface area contributed by atoms with E-state index in [-0.39, 0.29) is 0 Å². The summed E-state index contributed by atoms with van der Waals surface area (Å²) >= 11 is 0. The van der Waals surface area contributed by atoms with Gasteiger partial charge in [0.15, 0.2) is 11.5 Å². The monoisotopic (exact) mass is 256 g/mol. The highest BCUT2D eigenvalue weighted by molar-refractivity contribution is 5.44. The average molecular weight is 256 g/mol. The van der Waals surface area contributed by atoms with Crippen molar-refractivity contribution >= 4 is 0 Å². The Morgan fingerprint density at radius 1 is 0.842 bits per heavy atom. The molecule has 2 aromatic carbocycles. The van der Waals surface area contributed by atoms with E-state index in [0.717, 1.165) is 23.7 Å². The summed E-state index contributed by atoms with van der Waals surface area (Å²) in [5.41, 5.74) is 1.23. The normalized spacial score (nSPS) is 10.5. The molecule has 0 unspecified atom stereocenters. The number of methoxy groups -OCH3 is 1. The van der Waals surface area contributed by atoms with Gasteiger partial charge in [0.1, 0.15) is 5.75 Å². The third kappa shape index (κ3) is 3.50. The lowest BCUT2D eigenvalue weighted by Gasteiger charge is -2.14. The van der Waals surface area contributed by atoms with Gasteiger partial charge >= 0.3 is 0 Å². The van der Waals surface area contributed by atoms with Crippen molar-refractivity contribution in [1.29, 1.82) is 0 Å². The lowest BCUT2D eigenvalue weighted by Crippen LogP contribution is -1.98. The fraction of sp³-hybridized carbons (Fsp3) is 0.294. The zero-order valence-corrected chi connectivity index (χ0v) is 11.7. The van der Waals surface area contributed by atoms with E-state index in [9.17, 15) is 0 Å². The molecule has 100 valence electrons. The van der Waals surface area contributed by atoms with Gasteiger partial charge in [0.2, 0.25) is 0 Å². The molecule has 0 radical (unpaired) electrons. The Hall–Kier alpha value is -1.96. The molecule has 0 atom stereocenters. The highest BCUT2D eigenvalue weighted by atomic mass is 16.5. The summed E-state index contributed by atoms with van der Waals surface area (Å²) in [5.74, 6) is 3.01. The summed E-state index contributed by atoms with van der Waals surface area (Å²) in [7, 11) is 1.65. The number of rotatable bonds is 5. The summed E-state index contributed by atoms with van der Waals surface area (Å²) in [6.07, 6.45) is 1.01. The fourth-order valence-electron chi connectivity index (χ4n) is 2.03. The summed E-state index contributed by atoms with van der Waals surface area (Å²) in [4.78, 5) is 0. The van der Waals surface area contributed by atoms with Crippen LogP contribution in [0.25, 0.3) is 0 Å². The van der Waals surface area contributed by atoms with Crippen LogP contribution < -0.4 is 9.47 Å². The highest BCUT2D eigenvalue weighted by Crippen LogP contribution is 2.33. The Morgan fingerprint density at radius 3 is 2.05 bits per heavy atom. The highest BCUT2D eigenvalue weighted by Gasteiger charge is 2.09. The van der Waals surface area contributed by atoms with Crippen molar-refractivity contribution in [3.63, 3.8) is 0 Å². The molecular weight excluding hydrogens is 236 g/mol. The van der Waals surface area contributed by atoms with Crippen molar-refractivity contribution in [2.45, 2.75) is 20.3 Å². The largest absolute Gasteiger partial charge is 0.493 e. The number of benzene rings is 2. The van der Waals surface area contributed by atoms with Crippen molar-refractivity contribution < 1.29 is 9.47 Å². The van der Waals surface area contributed by atoms with Crippen LogP contribution in [0.15, 0.2) is 48.5 Å². The number of hydrogen-bond acceptors (Lipinski definition) is 2. The van der Waals surface area contributed by atoms with Crippen molar-refractivity contribution in [2.75, 3.05) is 7.11 Å². The van der Waals surface area contributed by atoms with Crippen molar-refractivity contribution in [3.05, 3.63) is 54.1 Å². The fourth-order valence-corrected chi connectivity index (χ4v) is 2.03. The maximum atomic E-state index is 6.01. The molecule has 0 fully saturated rings. The molecule has 0 aliphatic rings. The van der Waals surface area contributed by atoms with E-state index in [4.69, 9.17) is 9.47 Å². The molecule has 2 nitrogen and oxygen atoms in total. The number of para-hydroxylation sites is 3. The topological polar surface area (TPSA) is 18.5 Å². The van der Waals surface area contributed by atoms with E-state index in [1.807, 2.05) is 42.5 Å². The van der Waals surface area contributed by atoms with Gasteiger partial charge in [0, 0.05) is 0 Å². The Morgan fingerprint density at radius 2 is 1.42 bits per heavy atom. The van der Waals surface area contributed by atoms with Crippen LogP contribution in [0.5, 0.6) is 17.2 Å². The lowest BCUT2D eigenvalue weighted by atomic mass is 10.0. The molecule has 0 aliphatic carbocycles. The number of ether oxygens (including phenoxy) is 2. The molecule has 2 aromatic rings. The van der Waals surface area contributed by atoms with Gasteiger partial charge in [-0.2, -0.15) is 0 Å². The van der Waals surface area contributed by atoms with Crippen LogP contribution in [0.2, 0.25) is 0 Å². The third-order valence-electron chi connectivity index (χ3n) is 2.89. The molecule has 2 heteroatoms. The smallest absolute Gasteiger partial charge is 0.169 e. The predicted molar refractivity (Wildman–Crippen MR) is 78.1 cm³/mol. The Bertz CT molecular complexity index is 532. The standard InChI is InChI=1S/C17H20O2/c1-13(2)12-14-8-4-5-9-15(14)19-17-11-7-6-10-16(17)18-3/h4-11,13H,12H2,1-3H3. The quantitative estimate of drug-likeness (QED) is 0.773. The van der Waals surface area contributed by atoms with Crippen molar-refractivity contribution in [3.8, 4) is 17.2 Å². The molecule has 0 bridgehead atoms. The maximum Gasteiger partial charge on any atom is 0.169 e. The summed E-state index contributed by atoms with van der Waals surface area (Å²) in [6, 6.07) is 15.9. The maximum absolute atomic E-state index is 6.01. The molecule has 19 heavy (non-hydrogen) atoms. The van der Waals surface area contributed by atoms with Crippen LogP contribution in [-0.4, -0.2) is 7.11 Å². The van der Waals surface area contributed by atoms with Crippen molar-refractivity contribution in [1.82, 2.24) is 0 Å². The van der Waals surface area contributed by atoms with E-state index in [1.54, 1.807) is 7.11 Å². The zero-order valence-electron chi connectivity index (χ0n) is 11.7. The SMILES string of the molecule is COc1ccccc1Oc1ccccc1CC(C)C. The van der Waals surface area contributed by atoms with Gasteiger partial charge in [-0.1, -0.05) is 44.2 Å². The molecule has 2 rings (SSSR count). The van der Waals surface area contributed by atoms with Gasteiger partial charge in [0.05, 0.1) is 7.11 Å². The minimum Gasteiger partial charge on any atom is -0.493 e. The van der Waals surface area contributed by atoms with Crippen LogP contribution >= 0.6 is 0 Å². The van der Waals surface area contributed by atoms with Crippen molar-refractivity contribution in [2.24, 2.45) is 5.92 Å². The van der Waals surface area contributed by atoms with Gasteiger partial charge in [-0.05, 0) is 36.1 Å². The minimum absolute atomic E-state index is 0.599. The van der Waals surface area contributed by atoms with Gasteiger partial charge in [-0.3, -0.25) is 0 Å². The molecule has 0 amide bonds. The predicted octanol–water partition coefficient (Wildman–Crippen LogP) is 4.69. The van der Waals surface area contributed by atoms with E-state index < -0.39 is 0 Å². The van der Waals surface area contributed by atoms with Gasteiger partial charge in [-0.15, -0.1) is 0 Å². The van der Waals surface area contributed by atoms with Crippen LogP contribution in [0.4, 0.5) is 0 Å². The molecule has 0 N–H and O–H groups in total. The molecule has 0 heterocycles. The van der Waals surface area contributed by atoms with E-state index >= 15 is 0 Å². The minimum atomic E-state index is 0.599. The first-order valence-electron chi connectivity index (χ1n) is 6.59. The molecule has 0 spiro atoms. The second kappa shape index (κ2) is 6.28. The molecular formula is C17H20O2. The Labute approximate surface area is 115 Å². The zero-order chi connectivity index (χ0) is 13.7. The first-order chi connectivity index (χ1) is 9.20. The van der Waals surface area contributed by atoms with Crippen LogP contribution in [0.3, 0.4) is 0 Å². The summed E-state index contributed by atoms with van der Waals surface area (Å²) in [5, 5.41) is 0. The second-order valence-corrected chi connectivity index (χ2v) is 4.96. The molecule has 0 aliphatic heterocycles. The molecule has 0 saturated carbocycles. The van der Waals surface area contributed by atoms with E-state index in [2.05, 4.69) is 19.9 Å². The van der Waals surface area contributed by atoms with Crippen LogP contribution in [-0.2, 0) is 6.42 Å². The van der Waals surface area contributed by atoms with Crippen LogP contribution in [0.1, 0.15) is 19.4 Å². The van der Waals surface area contributed by atoms with Gasteiger partial charge in [0.25, 0.3) is 0 Å². The molecule has 0 saturated heterocycles. The van der Waals surface area contributed by atoms with E-state index in [0.29, 0.717) is 5.92 Å². The number of hydrogen-bond donors (Lipinski definition) is 0. The first kappa shape index (κ1) is 13.5.